The van der Waals surface area contributed by atoms with Crippen LogP contribution in [-0.4, -0.2) is 41.9 Å². The number of rotatable bonds is 6. The van der Waals surface area contributed by atoms with E-state index in [4.69, 9.17) is 0 Å². The van der Waals surface area contributed by atoms with Gasteiger partial charge in [0.05, 0.1) is 10.6 Å². The number of hydrogen-bond acceptors (Lipinski definition) is 5. The number of anilines is 1. The predicted octanol–water partition coefficient (Wildman–Crippen LogP) is 0.758. The van der Waals surface area contributed by atoms with Crippen molar-refractivity contribution < 1.29 is 16.8 Å². The van der Waals surface area contributed by atoms with Gasteiger partial charge in [-0.25, -0.2) is 21.6 Å². The van der Waals surface area contributed by atoms with Crippen molar-refractivity contribution in [3.05, 3.63) is 23.8 Å². The van der Waals surface area contributed by atoms with E-state index < -0.39 is 19.9 Å². The summed E-state index contributed by atoms with van der Waals surface area (Å²) in [5.74, 6) is -0.0238. The molecule has 0 saturated heterocycles. The Balaban J connectivity index is 2.10. The second-order valence-corrected chi connectivity index (χ2v) is 9.19. The molecular formula is C13H20N2O4S2. The maximum Gasteiger partial charge on any atom is 0.240 e. The summed E-state index contributed by atoms with van der Waals surface area (Å²) in [6.45, 7) is 0.963. The van der Waals surface area contributed by atoms with Gasteiger partial charge in [0.15, 0.2) is 0 Å². The summed E-state index contributed by atoms with van der Waals surface area (Å²) in [5.41, 5.74) is 1.67. The average molecular weight is 332 g/mol. The van der Waals surface area contributed by atoms with Gasteiger partial charge in [-0.3, -0.25) is 0 Å². The van der Waals surface area contributed by atoms with Crippen molar-refractivity contribution in [2.24, 2.45) is 0 Å². The molecule has 0 fully saturated rings. The van der Waals surface area contributed by atoms with Gasteiger partial charge in [-0.1, -0.05) is 6.07 Å². The first kappa shape index (κ1) is 16.3. The van der Waals surface area contributed by atoms with Crippen molar-refractivity contribution in [1.29, 1.82) is 0 Å². The molecule has 1 aromatic rings. The van der Waals surface area contributed by atoms with Gasteiger partial charge in [0.2, 0.25) is 10.0 Å². The number of benzene rings is 1. The first-order valence-corrected chi connectivity index (χ1v) is 10.4. The Morgan fingerprint density at radius 1 is 1.24 bits per heavy atom. The van der Waals surface area contributed by atoms with Crippen molar-refractivity contribution in [2.75, 3.05) is 30.4 Å². The number of nitrogens with one attached hydrogen (secondary N) is 2. The monoisotopic (exact) mass is 332 g/mol. The highest BCUT2D eigenvalue weighted by atomic mass is 32.2. The van der Waals surface area contributed by atoms with E-state index in [0.29, 0.717) is 0 Å². The molecule has 0 aliphatic carbocycles. The average Bonchev–Trinajstić information content (AvgIpc) is 2.42. The molecule has 8 heteroatoms. The molecule has 1 aliphatic heterocycles. The first-order chi connectivity index (χ1) is 9.80. The van der Waals surface area contributed by atoms with Crippen molar-refractivity contribution in [2.45, 2.75) is 24.2 Å². The highest BCUT2D eigenvalue weighted by Gasteiger charge is 2.21. The summed E-state index contributed by atoms with van der Waals surface area (Å²) >= 11 is 0. The van der Waals surface area contributed by atoms with E-state index in [0.717, 1.165) is 36.9 Å². The largest absolute Gasteiger partial charge is 0.385 e. The molecule has 0 amide bonds. The number of sulfone groups is 1. The van der Waals surface area contributed by atoms with Crippen molar-refractivity contribution in [1.82, 2.24) is 4.72 Å². The van der Waals surface area contributed by atoms with E-state index in [1.165, 1.54) is 0 Å². The molecule has 1 heterocycles. The van der Waals surface area contributed by atoms with E-state index in [2.05, 4.69) is 10.0 Å². The maximum absolute atomic E-state index is 12.3. The van der Waals surface area contributed by atoms with Crippen LogP contribution in [0.1, 0.15) is 18.4 Å². The van der Waals surface area contributed by atoms with Crippen LogP contribution in [0.3, 0.4) is 0 Å². The highest BCUT2D eigenvalue weighted by Crippen LogP contribution is 2.28. The Morgan fingerprint density at radius 3 is 2.71 bits per heavy atom. The van der Waals surface area contributed by atoms with E-state index in [1.54, 1.807) is 12.1 Å². The smallest absolute Gasteiger partial charge is 0.240 e. The molecule has 0 aromatic heterocycles. The third-order valence-corrected chi connectivity index (χ3v) is 5.90. The van der Waals surface area contributed by atoms with E-state index in [1.807, 2.05) is 6.07 Å². The maximum atomic E-state index is 12.3. The summed E-state index contributed by atoms with van der Waals surface area (Å²) in [6.07, 6.45) is 3.03. The van der Waals surface area contributed by atoms with Crippen molar-refractivity contribution >= 4 is 25.5 Å². The quantitative estimate of drug-likeness (QED) is 0.750. The van der Waals surface area contributed by atoms with Gasteiger partial charge in [-0.2, -0.15) is 0 Å². The molecule has 0 radical (unpaired) electrons. The fraction of sp³-hybridized carbons (Fsp3) is 0.538. The second kappa shape index (κ2) is 6.33. The highest BCUT2D eigenvalue weighted by molar-refractivity contribution is 7.90. The summed E-state index contributed by atoms with van der Waals surface area (Å²) in [5, 5.41) is 3.19. The molecule has 21 heavy (non-hydrogen) atoms. The van der Waals surface area contributed by atoms with Crippen LogP contribution in [0.15, 0.2) is 23.1 Å². The van der Waals surface area contributed by atoms with Crippen molar-refractivity contribution in [3.63, 3.8) is 0 Å². The molecule has 0 bridgehead atoms. The van der Waals surface area contributed by atoms with Crippen LogP contribution in [0, 0.1) is 0 Å². The predicted molar refractivity (Wildman–Crippen MR) is 82.8 cm³/mol. The van der Waals surface area contributed by atoms with E-state index in [9.17, 15) is 16.8 Å². The summed E-state index contributed by atoms with van der Waals surface area (Å²) in [4.78, 5) is 0.284. The molecular weight excluding hydrogens is 312 g/mol. The zero-order chi connectivity index (χ0) is 15.5. The van der Waals surface area contributed by atoms with E-state index in [-0.39, 0.29) is 23.6 Å². The standard InChI is InChI=1S/C13H20N2O4S2/c1-20(16,17)10-4-9-15-21(18,19)13-7-2-6-12-11(13)5-3-8-14-12/h2,6-7,14-15H,3-5,8-10H2,1H3. The van der Waals surface area contributed by atoms with Gasteiger partial charge in [-0.15, -0.1) is 0 Å². The fourth-order valence-corrected chi connectivity index (χ4v) is 4.38. The molecule has 6 nitrogen and oxygen atoms in total. The van der Waals surface area contributed by atoms with Crippen LogP contribution < -0.4 is 10.0 Å². The van der Waals surface area contributed by atoms with Gasteiger partial charge in [0, 0.05) is 25.0 Å². The Labute approximate surface area is 125 Å². The molecule has 0 atom stereocenters. The number of sulfonamides is 1. The minimum atomic E-state index is -3.60. The van der Waals surface area contributed by atoms with Gasteiger partial charge in [-0.05, 0) is 37.0 Å². The molecule has 0 unspecified atom stereocenters. The molecule has 0 saturated carbocycles. The lowest BCUT2D eigenvalue weighted by atomic mass is 10.0. The SMILES string of the molecule is CS(=O)(=O)CCCNS(=O)(=O)c1cccc2c1CCCN2. The molecule has 1 aromatic carbocycles. The minimum Gasteiger partial charge on any atom is -0.385 e. The zero-order valence-electron chi connectivity index (χ0n) is 11.9. The molecule has 0 spiro atoms. The van der Waals surface area contributed by atoms with Gasteiger partial charge < -0.3 is 5.32 Å². The molecule has 118 valence electrons. The molecule has 2 N–H and O–H groups in total. The van der Waals surface area contributed by atoms with Crippen LogP contribution in [0.5, 0.6) is 0 Å². The summed E-state index contributed by atoms with van der Waals surface area (Å²) in [7, 11) is -6.67. The minimum absolute atomic E-state index is 0.0238. The van der Waals surface area contributed by atoms with Gasteiger partial charge >= 0.3 is 0 Å². The van der Waals surface area contributed by atoms with Crippen LogP contribution in [0.4, 0.5) is 5.69 Å². The lowest BCUT2D eigenvalue weighted by molar-refractivity contribution is 0.576. The lowest BCUT2D eigenvalue weighted by Gasteiger charge is -2.21. The second-order valence-electron chi connectivity index (χ2n) is 5.19. The summed E-state index contributed by atoms with van der Waals surface area (Å²) < 4.78 is 49.2. The van der Waals surface area contributed by atoms with Gasteiger partial charge in [0.1, 0.15) is 9.84 Å². The Bertz CT molecular complexity index is 712. The Kier molecular flexibility index (Phi) is 4.90. The fourth-order valence-electron chi connectivity index (χ4n) is 2.35. The Morgan fingerprint density at radius 2 is 2.00 bits per heavy atom. The number of hydrogen-bond donors (Lipinski definition) is 2. The van der Waals surface area contributed by atoms with Crippen LogP contribution in [0.2, 0.25) is 0 Å². The molecule has 1 aliphatic rings. The summed E-state index contributed by atoms with van der Waals surface area (Å²) in [6, 6.07) is 5.17. The Hall–Kier alpha value is -1.12. The zero-order valence-corrected chi connectivity index (χ0v) is 13.6. The first-order valence-electron chi connectivity index (χ1n) is 6.83. The van der Waals surface area contributed by atoms with E-state index >= 15 is 0 Å². The lowest BCUT2D eigenvalue weighted by Crippen LogP contribution is -2.28. The topological polar surface area (TPSA) is 92.3 Å². The van der Waals surface area contributed by atoms with Crippen molar-refractivity contribution in [3.8, 4) is 0 Å². The molecule has 2 rings (SSSR count). The van der Waals surface area contributed by atoms with Crippen LogP contribution in [0.25, 0.3) is 0 Å². The van der Waals surface area contributed by atoms with Gasteiger partial charge in [0.25, 0.3) is 0 Å². The van der Waals surface area contributed by atoms with Crippen LogP contribution >= 0.6 is 0 Å². The number of fused-ring (bicyclic) bond motifs is 1. The normalized spacial score (nSPS) is 15.3. The third-order valence-electron chi connectivity index (χ3n) is 3.33. The third kappa shape index (κ3) is 4.42. The van der Waals surface area contributed by atoms with Crippen LogP contribution in [-0.2, 0) is 26.3 Å².